The van der Waals surface area contributed by atoms with Gasteiger partial charge < -0.3 is 5.32 Å². The van der Waals surface area contributed by atoms with Gasteiger partial charge in [-0.15, -0.1) is 5.10 Å². The van der Waals surface area contributed by atoms with E-state index in [1.54, 1.807) is 7.05 Å². The van der Waals surface area contributed by atoms with Crippen LogP contribution in [0.3, 0.4) is 0 Å². The molecule has 1 saturated carbocycles. The summed E-state index contributed by atoms with van der Waals surface area (Å²) in [5.74, 6) is -0.131. The first-order valence-electron chi connectivity index (χ1n) is 4.28. The molecule has 0 unspecified atom stereocenters. The molecule has 5 heteroatoms. The number of aryl methyl sites for hydroxylation is 1. The van der Waals surface area contributed by atoms with Crippen LogP contribution in [0.1, 0.15) is 30.3 Å². The number of nitrogens with zero attached hydrogens (tertiary/aromatic N) is 3. The molecular weight excluding hydrogens is 168 g/mol. The summed E-state index contributed by atoms with van der Waals surface area (Å²) < 4.78 is 0. The maximum Gasteiger partial charge on any atom is 0.273 e. The second-order valence-electron chi connectivity index (χ2n) is 3.73. The molecular formula is C8H12N4O. The predicted molar refractivity (Wildman–Crippen MR) is 46.1 cm³/mol. The van der Waals surface area contributed by atoms with E-state index in [2.05, 4.69) is 15.5 Å². The summed E-state index contributed by atoms with van der Waals surface area (Å²) in [6.45, 7) is 2.03. The fourth-order valence-corrected chi connectivity index (χ4v) is 1.10. The Labute approximate surface area is 76.1 Å². The second kappa shape index (κ2) is 2.55. The number of carbonyl (C=O) groups is 1. The van der Waals surface area contributed by atoms with Crippen molar-refractivity contribution in [2.45, 2.75) is 25.3 Å². The van der Waals surface area contributed by atoms with E-state index in [-0.39, 0.29) is 11.4 Å². The molecule has 1 aliphatic carbocycles. The van der Waals surface area contributed by atoms with Gasteiger partial charge in [-0.05, 0) is 19.8 Å². The monoisotopic (exact) mass is 180 g/mol. The van der Waals surface area contributed by atoms with Crippen LogP contribution in [0.15, 0.2) is 6.20 Å². The van der Waals surface area contributed by atoms with Crippen molar-refractivity contribution in [1.29, 1.82) is 0 Å². The molecule has 0 radical (unpaired) electrons. The Bertz CT molecular complexity index is 340. The molecule has 1 aromatic heterocycles. The first kappa shape index (κ1) is 8.22. The van der Waals surface area contributed by atoms with Gasteiger partial charge in [0.2, 0.25) is 0 Å². The first-order valence-corrected chi connectivity index (χ1v) is 4.28. The standard InChI is InChI=1S/C8H12N4O/c1-8(3-4-8)10-7(13)6-5-9-12(2)11-6/h5H,3-4H2,1-2H3,(H,10,13). The van der Waals surface area contributed by atoms with Crippen molar-refractivity contribution >= 4 is 5.91 Å². The molecule has 0 aromatic carbocycles. The highest BCUT2D eigenvalue weighted by Crippen LogP contribution is 2.34. The third-order valence-corrected chi connectivity index (χ3v) is 2.25. The van der Waals surface area contributed by atoms with Gasteiger partial charge in [-0.25, -0.2) is 0 Å². The molecule has 0 spiro atoms. The SMILES string of the molecule is Cn1ncc(C(=O)NC2(C)CC2)n1. The Morgan fingerprint density at radius 3 is 2.85 bits per heavy atom. The van der Waals surface area contributed by atoms with Crippen LogP contribution in [-0.2, 0) is 7.05 Å². The van der Waals surface area contributed by atoms with Gasteiger partial charge >= 0.3 is 0 Å². The van der Waals surface area contributed by atoms with Crippen molar-refractivity contribution in [3.63, 3.8) is 0 Å². The minimum absolute atomic E-state index is 0.00854. The van der Waals surface area contributed by atoms with Crippen molar-refractivity contribution in [2.24, 2.45) is 7.05 Å². The summed E-state index contributed by atoms with van der Waals surface area (Å²) in [5.41, 5.74) is 0.393. The van der Waals surface area contributed by atoms with Crippen LogP contribution in [0.2, 0.25) is 0 Å². The van der Waals surface area contributed by atoms with E-state index >= 15 is 0 Å². The summed E-state index contributed by atoms with van der Waals surface area (Å²) in [6.07, 6.45) is 3.58. The normalized spacial score (nSPS) is 18.3. The van der Waals surface area contributed by atoms with Gasteiger partial charge in [0.1, 0.15) is 0 Å². The van der Waals surface area contributed by atoms with Gasteiger partial charge in [0.15, 0.2) is 5.69 Å². The Morgan fingerprint density at radius 1 is 1.69 bits per heavy atom. The molecule has 13 heavy (non-hydrogen) atoms. The molecule has 0 bridgehead atoms. The minimum atomic E-state index is -0.131. The smallest absolute Gasteiger partial charge is 0.273 e. The number of amides is 1. The molecule has 0 atom stereocenters. The topological polar surface area (TPSA) is 59.8 Å². The minimum Gasteiger partial charge on any atom is -0.345 e. The van der Waals surface area contributed by atoms with Crippen molar-refractivity contribution in [3.8, 4) is 0 Å². The summed E-state index contributed by atoms with van der Waals surface area (Å²) >= 11 is 0. The third-order valence-electron chi connectivity index (χ3n) is 2.25. The first-order chi connectivity index (χ1) is 6.09. The Morgan fingerprint density at radius 2 is 2.38 bits per heavy atom. The van der Waals surface area contributed by atoms with Crippen molar-refractivity contribution in [1.82, 2.24) is 20.3 Å². The van der Waals surface area contributed by atoms with E-state index < -0.39 is 0 Å². The number of carbonyl (C=O) groups excluding carboxylic acids is 1. The Kier molecular flexibility index (Phi) is 1.61. The lowest BCUT2D eigenvalue weighted by molar-refractivity contribution is 0.0929. The number of rotatable bonds is 2. The van der Waals surface area contributed by atoms with Crippen LogP contribution in [-0.4, -0.2) is 26.4 Å². The summed E-state index contributed by atoms with van der Waals surface area (Å²) in [6, 6.07) is 0. The highest BCUT2D eigenvalue weighted by atomic mass is 16.2. The molecule has 1 aromatic rings. The fraction of sp³-hybridized carbons (Fsp3) is 0.625. The molecule has 1 aliphatic rings. The predicted octanol–water partition coefficient (Wildman–Crippen LogP) is 0.0974. The Balaban J connectivity index is 2.05. The zero-order valence-electron chi connectivity index (χ0n) is 7.74. The van der Waals surface area contributed by atoms with Gasteiger partial charge in [-0.3, -0.25) is 4.79 Å². The van der Waals surface area contributed by atoms with Crippen molar-refractivity contribution < 1.29 is 4.79 Å². The molecule has 5 nitrogen and oxygen atoms in total. The lowest BCUT2D eigenvalue weighted by Crippen LogP contribution is -2.34. The van der Waals surface area contributed by atoms with Crippen LogP contribution in [0.5, 0.6) is 0 Å². The molecule has 1 N–H and O–H groups in total. The summed E-state index contributed by atoms with van der Waals surface area (Å²) in [4.78, 5) is 12.9. The fourth-order valence-electron chi connectivity index (χ4n) is 1.10. The quantitative estimate of drug-likeness (QED) is 0.702. The Hall–Kier alpha value is -1.39. The van der Waals surface area contributed by atoms with Crippen LogP contribution >= 0.6 is 0 Å². The number of hydrogen-bond acceptors (Lipinski definition) is 3. The summed E-state index contributed by atoms with van der Waals surface area (Å²) in [7, 11) is 1.69. The van der Waals surface area contributed by atoms with Gasteiger partial charge in [0, 0.05) is 12.6 Å². The zero-order valence-corrected chi connectivity index (χ0v) is 7.74. The number of hydrogen-bond donors (Lipinski definition) is 1. The van der Waals surface area contributed by atoms with E-state index in [1.165, 1.54) is 11.0 Å². The van der Waals surface area contributed by atoms with Gasteiger partial charge in [-0.1, -0.05) is 0 Å². The van der Waals surface area contributed by atoms with Crippen molar-refractivity contribution in [2.75, 3.05) is 0 Å². The van der Waals surface area contributed by atoms with Gasteiger partial charge in [-0.2, -0.15) is 9.90 Å². The molecule has 0 saturated heterocycles. The van der Waals surface area contributed by atoms with E-state index in [9.17, 15) is 4.79 Å². The van der Waals surface area contributed by atoms with Crippen LogP contribution in [0.25, 0.3) is 0 Å². The molecule has 2 rings (SSSR count). The number of nitrogens with one attached hydrogen (secondary N) is 1. The largest absolute Gasteiger partial charge is 0.345 e. The maximum absolute atomic E-state index is 11.5. The van der Waals surface area contributed by atoms with Crippen LogP contribution < -0.4 is 5.32 Å². The average molecular weight is 180 g/mol. The van der Waals surface area contributed by atoms with Gasteiger partial charge in [0.25, 0.3) is 5.91 Å². The molecule has 1 fully saturated rings. The zero-order chi connectivity index (χ0) is 9.47. The summed E-state index contributed by atoms with van der Waals surface area (Å²) in [5, 5.41) is 10.7. The van der Waals surface area contributed by atoms with Crippen LogP contribution in [0.4, 0.5) is 0 Å². The molecule has 0 aliphatic heterocycles. The number of aromatic nitrogens is 3. The lowest BCUT2D eigenvalue weighted by Gasteiger charge is -2.08. The van der Waals surface area contributed by atoms with Gasteiger partial charge in [0.05, 0.1) is 6.20 Å². The second-order valence-corrected chi connectivity index (χ2v) is 3.73. The molecule has 70 valence electrons. The van der Waals surface area contributed by atoms with E-state index in [0.29, 0.717) is 5.69 Å². The van der Waals surface area contributed by atoms with E-state index in [1.807, 2.05) is 6.92 Å². The highest BCUT2D eigenvalue weighted by Gasteiger charge is 2.39. The van der Waals surface area contributed by atoms with E-state index in [4.69, 9.17) is 0 Å². The average Bonchev–Trinajstić information content (AvgIpc) is 2.62. The molecule has 1 amide bonds. The van der Waals surface area contributed by atoms with E-state index in [0.717, 1.165) is 12.8 Å². The lowest BCUT2D eigenvalue weighted by atomic mass is 10.3. The van der Waals surface area contributed by atoms with Crippen LogP contribution in [0, 0.1) is 0 Å². The maximum atomic E-state index is 11.5. The molecule has 1 heterocycles. The highest BCUT2D eigenvalue weighted by molar-refractivity contribution is 5.92. The third kappa shape index (κ3) is 1.68. The van der Waals surface area contributed by atoms with Crippen molar-refractivity contribution in [3.05, 3.63) is 11.9 Å².